The third kappa shape index (κ3) is 3.92. The van der Waals surface area contributed by atoms with Crippen LogP contribution in [-0.2, 0) is 16.4 Å². The third-order valence-electron chi connectivity index (χ3n) is 6.37. The maximum absolute atomic E-state index is 13.3. The monoisotopic (exact) mass is 453 g/mol. The molecule has 1 atom stereocenters. The highest BCUT2D eigenvalue weighted by molar-refractivity contribution is 7.89. The fraction of sp³-hybridized carbons (Fsp3) is 0.391. The van der Waals surface area contributed by atoms with Crippen LogP contribution in [0.2, 0.25) is 0 Å². The average Bonchev–Trinajstić information content (AvgIpc) is 3.37. The van der Waals surface area contributed by atoms with Crippen LogP contribution in [0, 0.1) is 5.92 Å². The number of hydrogen-bond donors (Lipinski definition) is 2. The van der Waals surface area contributed by atoms with Crippen molar-refractivity contribution in [1.82, 2.24) is 9.62 Å². The first-order chi connectivity index (χ1) is 15.4. The number of rotatable bonds is 6. The van der Waals surface area contributed by atoms with E-state index < -0.39 is 10.0 Å². The summed E-state index contributed by atoms with van der Waals surface area (Å²) in [7, 11) is -3.85. The molecule has 0 radical (unpaired) electrons. The molecule has 5 rings (SSSR count). The van der Waals surface area contributed by atoms with E-state index in [9.17, 15) is 13.2 Å². The molecule has 3 N–H and O–H groups in total. The summed E-state index contributed by atoms with van der Waals surface area (Å²) < 4.78 is 27.8. The van der Waals surface area contributed by atoms with Gasteiger partial charge in [-0.3, -0.25) is 4.90 Å². The van der Waals surface area contributed by atoms with Crippen LogP contribution in [0.4, 0.5) is 10.5 Å². The van der Waals surface area contributed by atoms with Gasteiger partial charge in [-0.05, 0) is 48.1 Å². The Labute approximate surface area is 188 Å². The van der Waals surface area contributed by atoms with Crippen LogP contribution >= 0.6 is 0 Å². The van der Waals surface area contributed by atoms with Crippen molar-refractivity contribution in [2.45, 2.75) is 36.6 Å². The first-order valence-electron chi connectivity index (χ1n) is 11.0. The van der Waals surface area contributed by atoms with Crippen molar-refractivity contribution in [2.24, 2.45) is 16.6 Å². The van der Waals surface area contributed by atoms with Gasteiger partial charge in [0.15, 0.2) is 0 Å². The van der Waals surface area contributed by atoms with Gasteiger partial charge < -0.3 is 11.1 Å². The summed E-state index contributed by atoms with van der Waals surface area (Å²) in [5, 5.41) is 2.98. The number of nitrogens with two attached hydrogens (primary N) is 1. The van der Waals surface area contributed by atoms with Crippen LogP contribution in [0.3, 0.4) is 0 Å². The number of sulfonamides is 1. The highest BCUT2D eigenvalue weighted by Crippen LogP contribution is 2.34. The maximum Gasteiger partial charge on any atom is 0.321 e. The number of amides is 2. The number of nitrogens with zero attached hydrogens (tertiary/aromatic N) is 3. The third-order valence-corrected chi connectivity index (χ3v) is 8.14. The maximum atomic E-state index is 13.3. The molecule has 0 unspecified atom stereocenters. The van der Waals surface area contributed by atoms with Crippen molar-refractivity contribution in [3.05, 3.63) is 59.7 Å². The van der Waals surface area contributed by atoms with Gasteiger partial charge in [0.1, 0.15) is 0 Å². The smallest absolute Gasteiger partial charge is 0.321 e. The Hall–Kier alpha value is -3.07. The van der Waals surface area contributed by atoms with Gasteiger partial charge in [0, 0.05) is 18.8 Å². The van der Waals surface area contributed by atoms with Crippen LogP contribution in [0.25, 0.3) is 0 Å². The van der Waals surface area contributed by atoms with Gasteiger partial charge in [-0.25, -0.2) is 22.5 Å². The van der Waals surface area contributed by atoms with Crippen molar-refractivity contribution < 1.29 is 13.2 Å². The minimum absolute atomic E-state index is 0.00369. The van der Waals surface area contributed by atoms with Crippen LogP contribution in [0.1, 0.15) is 36.4 Å². The zero-order valence-electron chi connectivity index (χ0n) is 17.8. The first-order valence-corrected chi connectivity index (χ1v) is 12.5. The van der Waals surface area contributed by atoms with Crippen molar-refractivity contribution in [1.29, 1.82) is 0 Å². The SMILES string of the molecule is NC1=N[C@@H](c2ccccc2)CN1S(=O)(=O)c1ccc2c(c1)CCN2C(=O)NCCC1CC1. The highest BCUT2D eigenvalue weighted by Gasteiger charge is 2.35. The number of nitrogens with one attached hydrogen (secondary N) is 1. The lowest BCUT2D eigenvalue weighted by atomic mass is 10.1. The first kappa shape index (κ1) is 20.8. The van der Waals surface area contributed by atoms with Crippen LogP contribution in [0.15, 0.2) is 58.4 Å². The number of aliphatic imine (C=N–C) groups is 1. The van der Waals surface area contributed by atoms with Crippen LogP contribution in [-0.4, -0.2) is 44.3 Å². The van der Waals surface area contributed by atoms with Gasteiger partial charge in [0.2, 0.25) is 5.96 Å². The van der Waals surface area contributed by atoms with E-state index in [0.29, 0.717) is 19.5 Å². The fourth-order valence-corrected chi connectivity index (χ4v) is 5.77. The summed E-state index contributed by atoms with van der Waals surface area (Å²) in [4.78, 5) is 18.8. The van der Waals surface area contributed by atoms with E-state index >= 15 is 0 Å². The Morgan fingerprint density at radius 3 is 2.69 bits per heavy atom. The van der Waals surface area contributed by atoms with E-state index in [-0.39, 0.29) is 29.5 Å². The zero-order valence-corrected chi connectivity index (χ0v) is 18.6. The van der Waals surface area contributed by atoms with Crippen molar-refractivity contribution in [2.75, 3.05) is 24.5 Å². The Morgan fingerprint density at radius 1 is 1.16 bits per heavy atom. The second-order valence-electron chi connectivity index (χ2n) is 8.61. The van der Waals surface area contributed by atoms with Crippen LogP contribution < -0.4 is 16.0 Å². The molecule has 2 aromatic carbocycles. The minimum Gasteiger partial charge on any atom is -0.369 e. The average molecular weight is 454 g/mol. The predicted molar refractivity (Wildman–Crippen MR) is 123 cm³/mol. The van der Waals surface area contributed by atoms with Gasteiger partial charge in [-0.2, -0.15) is 0 Å². The fourth-order valence-electron chi connectivity index (χ4n) is 4.35. The molecule has 2 heterocycles. The van der Waals surface area contributed by atoms with Gasteiger partial charge >= 0.3 is 6.03 Å². The van der Waals surface area contributed by atoms with E-state index in [1.165, 1.54) is 17.1 Å². The molecular weight excluding hydrogens is 426 g/mol. The number of hydrogen-bond acceptors (Lipinski definition) is 5. The van der Waals surface area contributed by atoms with Gasteiger partial charge in [-0.1, -0.05) is 43.2 Å². The van der Waals surface area contributed by atoms with Gasteiger partial charge in [0.25, 0.3) is 10.0 Å². The molecule has 168 valence electrons. The number of carbonyl (C=O) groups excluding carboxylic acids is 1. The number of carbonyl (C=O) groups is 1. The number of fused-ring (bicyclic) bond motifs is 1. The van der Waals surface area contributed by atoms with Gasteiger partial charge in [-0.15, -0.1) is 0 Å². The normalized spacial score (nSPS) is 20.2. The standard InChI is InChI=1S/C23H27N5O3S/c24-22-26-20(17-4-2-1-3-5-17)15-28(22)32(30,31)19-8-9-21-18(14-19)11-13-27(21)23(29)25-12-10-16-6-7-16/h1-5,8-9,14,16,20H,6-7,10-13,15H2,(H2,24,26)(H,25,29)/t20-/m1/s1. The number of urea groups is 1. The molecule has 0 saturated heterocycles. The molecule has 2 amide bonds. The molecule has 32 heavy (non-hydrogen) atoms. The minimum atomic E-state index is -3.85. The Bertz CT molecular complexity index is 1160. The largest absolute Gasteiger partial charge is 0.369 e. The molecular formula is C23H27N5O3S. The molecule has 0 aromatic heterocycles. The topological polar surface area (TPSA) is 108 Å². The predicted octanol–water partition coefficient (Wildman–Crippen LogP) is 2.62. The Morgan fingerprint density at radius 2 is 1.94 bits per heavy atom. The molecule has 9 heteroatoms. The summed E-state index contributed by atoms with van der Waals surface area (Å²) in [6.45, 7) is 1.39. The molecule has 2 aliphatic heterocycles. The molecule has 1 aliphatic carbocycles. The quantitative estimate of drug-likeness (QED) is 0.701. The van der Waals surface area contributed by atoms with Crippen LogP contribution in [0.5, 0.6) is 0 Å². The molecule has 0 spiro atoms. The number of benzene rings is 2. The molecule has 3 aliphatic rings. The lowest BCUT2D eigenvalue weighted by molar-refractivity contribution is 0.246. The van der Waals surface area contributed by atoms with E-state index in [1.54, 1.807) is 23.1 Å². The number of anilines is 1. The van der Waals surface area contributed by atoms with Crippen molar-refractivity contribution >= 4 is 27.7 Å². The molecule has 1 saturated carbocycles. The van der Waals surface area contributed by atoms with E-state index in [2.05, 4.69) is 10.3 Å². The van der Waals surface area contributed by atoms with E-state index in [0.717, 1.165) is 29.2 Å². The van der Waals surface area contributed by atoms with E-state index in [4.69, 9.17) is 5.73 Å². The summed E-state index contributed by atoms with van der Waals surface area (Å²) in [6, 6.07) is 14.0. The Kier molecular flexibility index (Phi) is 5.28. The highest BCUT2D eigenvalue weighted by atomic mass is 32.2. The molecule has 2 aromatic rings. The summed E-state index contributed by atoms with van der Waals surface area (Å²) in [5.74, 6) is 0.757. The number of guanidine groups is 1. The van der Waals surface area contributed by atoms with Crippen molar-refractivity contribution in [3.63, 3.8) is 0 Å². The Balaban J connectivity index is 1.31. The molecule has 8 nitrogen and oxygen atoms in total. The second-order valence-corrected chi connectivity index (χ2v) is 10.5. The molecule has 1 fully saturated rings. The van der Waals surface area contributed by atoms with Crippen molar-refractivity contribution in [3.8, 4) is 0 Å². The lowest BCUT2D eigenvalue weighted by Crippen LogP contribution is -2.39. The summed E-state index contributed by atoms with van der Waals surface area (Å²) in [5.41, 5.74) is 8.54. The molecule has 0 bridgehead atoms. The zero-order chi connectivity index (χ0) is 22.3. The summed E-state index contributed by atoms with van der Waals surface area (Å²) >= 11 is 0. The van der Waals surface area contributed by atoms with E-state index in [1.807, 2.05) is 30.3 Å². The van der Waals surface area contributed by atoms with Gasteiger partial charge in [0.05, 0.1) is 17.5 Å². The second kappa shape index (κ2) is 8.12. The lowest BCUT2D eigenvalue weighted by Gasteiger charge is -2.21. The summed E-state index contributed by atoms with van der Waals surface area (Å²) in [6.07, 6.45) is 4.16.